The van der Waals surface area contributed by atoms with Crippen molar-refractivity contribution >= 4 is 0 Å². The van der Waals surface area contributed by atoms with Gasteiger partial charge in [-0.15, -0.1) is 13.2 Å². The Kier molecular flexibility index (Phi) is 5.51. The number of nitrogens with one attached hydrogen (secondary N) is 1. The number of rotatable bonds is 6. The molecular weight excluding hydrogens is 279 g/mol. The third-order valence-corrected chi connectivity index (χ3v) is 4.18. The largest absolute Gasteiger partial charge is 0.573 e. The Labute approximate surface area is 123 Å². The van der Waals surface area contributed by atoms with Crippen molar-refractivity contribution in [3.05, 3.63) is 29.8 Å². The molecule has 21 heavy (non-hydrogen) atoms. The summed E-state index contributed by atoms with van der Waals surface area (Å²) in [6, 6.07) is 6.33. The van der Waals surface area contributed by atoms with Gasteiger partial charge in [0.2, 0.25) is 0 Å². The summed E-state index contributed by atoms with van der Waals surface area (Å²) >= 11 is 0. The van der Waals surface area contributed by atoms with Gasteiger partial charge in [-0.1, -0.05) is 37.8 Å². The molecule has 1 aliphatic carbocycles. The van der Waals surface area contributed by atoms with Gasteiger partial charge < -0.3 is 10.1 Å². The first-order valence-electron chi connectivity index (χ1n) is 7.51. The SMILES string of the molecule is CNC(CCC1CCCC1)c1cccc(OC(F)(F)F)c1. The van der Waals surface area contributed by atoms with E-state index in [4.69, 9.17) is 0 Å². The Morgan fingerprint density at radius 1 is 1.29 bits per heavy atom. The van der Waals surface area contributed by atoms with E-state index in [9.17, 15) is 13.2 Å². The zero-order valence-corrected chi connectivity index (χ0v) is 12.2. The van der Waals surface area contributed by atoms with E-state index in [0.29, 0.717) is 0 Å². The molecule has 1 fully saturated rings. The zero-order valence-electron chi connectivity index (χ0n) is 12.2. The molecule has 1 aromatic carbocycles. The van der Waals surface area contributed by atoms with Crippen LogP contribution < -0.4 is 10.1 Å². The number of hydrogen-bond donors (Lipinski definition) is 1. The van der Waals surface area contributed by atoms with Crippen LogP contribution in [-0.2, 0) is 0 Å². The predicted molar refractivity (Wildman–Crippen MR) is 76.1 cm³/mol. The van der Waals surface area contributed by atoms with Crippen molar-refractivity contribution in [2.75, 3.05) is 7.05 Å². The molecule has 0 saturated heterocycles. The quantitative estimate of drug-likeness (QED) is 0.813. The standard InChI is InChI=1S/C16H22F3NO/c1-20-15(10-9-12-5-2-3-6-12)13-7-4-8-14(11-13)21-16(17,18)19/h4,7-8,11-12,15,20H,2-3,5-6,9-10H2,1H3. The van der Waals surface area contributed by atoms with Crippen LogP contribution in [0.2, 0.25) is 0 Å². The Morgan fingerprint density at radius 3 is 2.62 bits per heavy atom. The summed E-state index contributed by atoms with van der Waals surface area (Å²) in [5, 5.41) is 3.20. The Morgan fingerprint density at radius 2 is 2.00 bits per heavy atom. The summed E-state index contributed by atoms with van der Waals surface area (Å²) in [4.78, 5) is 0. The molecule has 0 bridgehead atoms. The van der Waals surface area contributed by atoms with Gasteiger partial charge in [0.05, 0.1) is 0 Å². The van der Waals surface area contributed by atoms with Gasteiger partial charge in [0.25, 0.3) is 0 Å². The molecule has 0 heterocycles. The van der Waals surface area contributed by atoms with Crippen LogP contribution in [-0.4, -0.2) is 13.4 Å². The van der Waals surface area contributed by atoms with Crippen LogP contribution in [0.4, 0.5) is 13.2 Å². The molecule has 2 nitrogen and oxygen atoms in total. The maximum Gasteiger partial charge on any atom is 0.573 e. The van der Waals surface area contributed by atoms with Crippen molar-refractivity contribution in [3.63, 3.8) is 0 Å². The Balaban J connectivity index is 1.98. The number of alkyl halides is 3. The Bertz CT molecular complexity index is 441. The van der Waals surface area contributed by atoms with Gasteiger partial charge in [-0.05, 0) is 43.5 Å². The highest BCUT2D eigenvalue weighted by Crippen LogP contribution is 2.32. The minimum absolute atomic E-state index is 0.0717. The molecule has 1 N–H and O–H groups in total. The van der Waals surface area contributed by atoms with E-state index in [0.717, 1.165) is 24.3 Å². The zero-order chi connectivity index (χ0) is 15.3. The van der Waals surface area contributed by atoms with E-state index in [2.05, 4.69) is 10.1 Å². The number of hydrogen-bond acceptors (Lipinski definition) is 2. The second-order valence-electron chi connectivity index (χ2n) is 5.69. The lowest BCUT2D eigenvalue weighted by atomic mass is 9.95. The maximum atomic E-state index is 12.3. The van der Waals surface area contributed by atoms with E-state index in [1.165, 1.54) is 37.8 Å². The average Bonchev–Trinajstić information content (AvgIpc) is 2.91. The molecule has 1 atom stereocenters. The lowest BCUT2D eigenvalue weighted by molar-refractivity contribution is -0.274. The second-order valence-corrected chi connectivity index (χ2v) is 5.69. The molecule has 0 amide bonds. The molecule has 1 saturated carbocycles. The van der Waals surface area contributed by atoms with Gasteiger partial charge in [0.15, 0.2) is 0 Å². The van der Waals surface area contributed by atoms with Crippen molar-refractivity contribution in [2.45, 2.75) is 50.9 Å². The molecule has 2 rings (SSSR count). The van der Waals surface area contributed by atoms with E-state index in [1.54, 1.807) is 6.07 Å². The molecule has 5 heteroatoms. The van der Waals surface area contributed by atoms with Crippen LogP contribution in [0.5, 0.6) is 5.75 Å². The molecule has 0 aromatic heterocycles. The fourth-order valence-electron chi connectivity index (χ4n) is 3.11. The first-order chi connectivity index (χ1) is 9.98. The lowest BCUT2D eigenvalue weighted by Crippen LogP contribution is -2.19. The van der Waals surface area contributed by atoms with Crippen LogP contribution in [0, 0.1) is 5.92 Å². The third-order valence-electron chi connectivity index (χ3n) is 4.18. The van der Waals surface area contributed by atoms with E-state index < -0.39 is 6.36 Å². The molecule has 1 aliphatic rings. The molecule has 0 radical (unpaired) electrons. The van der Waals surface area contributed by atoms with Crippen molar-refractivity contribution < 1.29 is 17.9 Å². The molecule has 0 aliphatic heterocycles. The smallest absolute Gasteiger partial charge is 0.406 e. The number of ether oxygens (including phenoxy) is 1. The average molecular weight is 301 g/mol. The maximum absolute atomic E-state index is 12.3. The summed E-state index contributed by atoms with van der Waals surface area (Å²) in [7, 11) is 1.84. The first-order valence-corrected chi connectivity index (χ1v) is 7.51. The Hall–Kier alpha value is -1.23. The lowest BCUT2D eigenvalue weighted by Gasteiger charge is -2.19. The first kappa shape index (κ1) is 16.1. The normalized spacial score (nSPS) is 17.9. The third kappa shape index (κ3) is 5.23. The van der Waals surface area contributed by atoms with Gasteiger partial charge in [-0.2, -0.15) is 0 Å². The van der Waals surface area contributed by atoms with Gasteiger partial charge >= 0.3 is 6.36 Å². The minimum Gasteiger partial charge on any atom is -0.406 e. The van der Waals surface area contributed by atoms with E-state index >= 15 is 0 Å². The summed E-state index contributed by atoms with van der Waals surface area (Å²) in [6.07, 6.45) is 2.61. The number of halogens is 3. The molecule has 118 valence electrons. The topological polar surface area (TPSA) is 21.3 Å². The van der Waals surface area contributed by atoms with Crippen LogP contribution in [0.25, 0.3) is 0 Å². The van der Waals surface area contributed by atoms with Crippen molar-refractivity contribution in [1.82, 2.24) is 5.32 Å². The highest BCUT2D eigenvalue weighted by atomic mass is 19.4. The highest BCUT2D eigenvalue weighted by molar-refractivity contribution is 5.30. The second kappa shape index (κ2) is 7.16. The molecule has 1 aromatic rings. The minimum atomic E-state index is -4.64. The van der Waals surface area contributed by atoms with Crippen molar-refractivity contribution in [3.8, 4) is 5.75 Å². The fraction of sp³-hybridized carbons (Fsp3) is 0.625. The number of benzene rings is 1. The summed E-state index contributed by atoms with van der Waals surface area (Å²) in [5.41, 5.74) is 0.845. The van der Waals surface area contributed by atoms with Crippen molar-refractivity contribution in [1.29, 1.82) is 0 Å². The van der Waals surface area contributed by atoms with Crippen LogP contribution in [0.1, 0.15) is 50.1 Å². The summed E-state index contributed by atoms with van der Waals surface area (Å²) < 4.78 is 40.8. The molecular formula is C16H22F3NO. The predicted octanol–water partition coefficient (Wildman–Crippen LogP) is 4.82. The van der Waals surface area contributed by atoms with Crippen LogP contribution >= 0.6 is 0 Å². The highest BCUT2D eigenvalue weighted by Gasteiger charge is 2.31. The van der Waals surface area contributed by atoms with E-state index in [-0.39, 0.29) is 11.8 Å². The summed E-state index contributed by atoms with van der Waals surface area (Å²) in [5.74, 6) is 0.622. The summed E-state index contributed by atoms with van der Waals surface area (Å²) in [6.45, 7) is 0. The van der Waals surface area contributed by atoms with Crippen molar-refractivity contribution in [2.24, 2.45) is 5.92 Å². The van der Waals surface area contributed by atoms with Crippen LogP contribution in [0.3, 0.4) is 0 Å². The molecule has 1 unspecified atom stereocenters. The van der Waals surface area contributed by atoms with Gasteiger partial charge in [-0.3, -0.25) is 0 Å². The van der Waals surface area contributed by atoms with Gasteiger partial charge in [-0.25, -0.2) is 0 Å². The van der Waals surface area contributed by atoms with Crippen LogP contribution in [0.15, 0.2) is 24.3 Å². The fourth-order valence-corrected chi connectivity index (χ4v) is 3.11. The van der Waals surface area contributed by atoms with Gasteiger partial charge in [0.1, 0.15) is 5.75 Å². The van der Waals surface area contributed by atoms with Gasteiger partial charge in [0, 0.05) is 6.04 Å². The van der Waals surface area contributed by atoms with E-state index in [1.807, 2.05) is 13.1 Å². The monoisotopic (exact) mass is 301 g/mol. The molecule has 0 spiro atoms.